The second-order valence-electron chi connectivity index (χ2n) is 6.02. The molecular weight excluding hydrogens is 304 g/mol. The summed E-state index contributed by atoms with van der Waals surface area (Å²) in [5, 5.41) is 5.68. The molecule has 2 amide bonds. The molecule has 1 aliphatic rings. The van der Waals surface area contributed by atoms with Gasteiger partial charge in [-0.15, -0.1) is 0 Å². The largest absolute Gasteiger partial charge is 0.484 e. The normalized spacial score (nSPS) is 13.0. The van der Waals surface area contributed by atoms with Crippen molar-refractivity contribution >= 4 is 23.2 Å². The Morgan fingerprint density at radius 2 is 2.00 bits per heavy atom. The highest BCUT2D eigenvalue weighted by Crippen LogP contribution is 2.26. The Kier molecular flexibility index (Phi) is 4.51. The third kappa shape index (κ3) is 3.74. The van der Waals surface area contributed by atoms with Crippen LogP contribution in [0.15, 0.2) is 36.4 Å². The maximum Gasteiger partial charge on any atom is 0.262 e. The first-order valence-electron chi connectivity index (χ1n) is 7.94. The molecule has 0 unspecified atom stereocenters. The fourth-order valence-electron chi connectivity index (χ4n) is 2.74. The van der Waals surface area contributed by atoms with Crippen LogP contribution in [0, 0.1) is 13.8 Å². The number of aryl methyl sites for hydroxylation is 3. The van der Waals surface area contributed by atoms with E-state index in [0.717, 1.165) is 28.1 Å². The highest BCUT2D eigenvalue weighted by molar-refractivity contribution is 5.94. The van der Waals surface area contributed by atoms with Crippen molar-refractivity contribution < 1.29 is 14.3 Å². The number of carbonyl (C=O) groups excluding carboxylic acids is 2. The van der Waals surface area contributed by atoms with E-state index in [2.05, 4.69) is 10.6 Å². The summed E-state index contributed by atoms with van der Waals surface area (Å²) in [5.41, 5.74) is 4.82. The molecule has 5 nitrogen and oxygen atoms in total. The van der Waals surface area contributed by atoms with Gasteiger partial charge in [0.25, 0.3) is 5.91 Å². The Labute approximate surface area is 141 Å². The monoisotopic (exact) mass is 324 g/mol. The minimum absolute atomic E-state index is 0.0315. The first-order valence-corrected chi connectivity index (χ1v) is 7.94. The predicted octanol–water partition coefficient (Wildman–Crippen LogP) is 3.21. The number of nitrogens with one attached hydrogen (secondary N) is 2. The Hall–Kier alpha value is -2.82. The second kappa shape index (κ2) is 6.74. The van der Waals surface area contributed by atoms with Gasteiger partial charge in [-0.1, -0.05) is 17.7 Å². The summed E-state index contributed by atoms with van der Waals surface area (Å²) in [7, 11) is 0. The van der Waals surface area contributed by atoms with Crippen LogP contribution in [-0.2, 0) is 16.0 Å². The van der Waals surface area contributed by atoms with Gasteiger partial charge >= 0.3 is 0 Å². The lowest BCUT2D eigenvalue weighted by atomic mass is 10.0. The number of ether oxygens (including phenoxy) is 1. The lowest BCUT2D eigenvalue weighted by molar-refractivity contribution is -0.118. The number of carbonyl (C=O) groups is 2. The van der Waals surface area contributed by atoms with Crippen molar-refractivity contribution in [3.05, 3.63) is 53.1 Å². The van der Waals surface area contributed by atoms with Crippen molar-refractivity contribution in [3.8, 4) is 5.75 Å². The Morgan fingerprint density at radius 3 is 2.79 bits per heavy atom. The zero-order chi connectivity index (χ0) is 17.1. The van der Waals surface area contributed by atoms with E-state index < -0.39 is 0 Å². The van der Waals surface area contributed by atoms with Crippen LogP contribution in [0.4, 0.5) is 11.4 Å². The molecule has 2 N–H and O–H groups in total. The first kappa shape index (κ1) is 16.1. The van der Waals surface area contributed by atoms with E-state index in [0.29, 0.717) is 18.6 Å². The molecule has 1 aliphatic heterocycles. The van der Waals surface area contributed by atoms with E-state index in [1.54, 1.807) is 6.07 Å². The van der Waals surface area contributed by atoms with Crippen LogP contribution in [0.2, 0.25) is 0 Å². The van der Waals surface area contributed by atoms with Crippen LogP contribution in [0.5, 0.6) is 5.75 Å². The molecule has 0 aromatic heterocycles. The van der Waals surface area contributed by atoms with Gasteiger partial charge in [-0.25, -0.2) is 0 Å². The van der Waals surface area contributed by atoms with Gasteiger partial charge in [0.1, 0.15) is 5.75 Å². The zero-order valence-electron chi connectivity index (χ0n) is 13.8. The molecule has 0 spiro atoms. The number of hydrogen-bond acceptors (Lipinski definition) is 3. The van der Waals surface area contributed by atoms with Crippen LogP contribution in [0.1, 0.15) is 23.1 Å². The van der Waals surface area contributed by atoms with E-state index in [1.807, 2.05) is 44.2 Å². The molecule has 24 heavy (non-hydrogen) atoms. The van der Waals surface area contributed by atoms with Crippen LogP contribution in [0.25, 0.3) is 0 Å². The number of anilines is 2. The number of benzene rings is 2. The van der Waals surface area contributed by atoms with Gasteiger partial charge in [-0.2, -0.15) is 0 Å². The highest BCUT2D eigenvalue weighted by atomic mass is 16.5. The van der Waals surface area contributed by atoms with E-state index in [9.17, 15) is 9.59 Å². The van der Waals surface area contributed by atoms with E-state index in [1.165, 1.54) is 0 Å². The molecule has 0 atom stereocenters. The minimum atomic E-state index is -0.201. The Morgan fingerprint density at radius 1 is 1.17 bits per heavy atom. The second-order valence-corrected chi connectivity index (χ2v) is 6.02. The van der Waals surface area contributed by atoms with Crippen molar-refractivity contribution in [2.45, 2.75) is 26.7 Å². The van der Waals surface area contributed by atoms with Crippen LogP contribution in [-0.4, -0.2) is 18.4 Å². The van der Waals surface area contributed by atoms with Crippen LogP contribution in [0.3, 0.4) is 0 Å². The summed E-state index contributed by atoms with van der Waals surface area (Å²) in [6.07, 6.45) is 1.16. The molecule has 2 aromatic carbocycles. The Bertz CT molecular complexity index is 799. The maximum absolute atomic E-state index is 12.1. The third-order valence-electron chi connectivity index (χ3n) is 4.00. The summed E-state index contributed by atoms with van der Waals surface area (Å²) in [5.74, 6) is 0.456. The van der Waals surface area contributed by atoms with Gasteiger partial charge in [0.15, 0.2) is 6.61 Å². The molecule has 124 valence electrons. The summed E-state index contributed by atoms with van der Waals surface area (Å²) < 4.78 is 5.57. The molecule has 0 bridgehead atoms. The summed E-state index contributed by atoms with van der Waals surface area (Å²) in [6.45, 7) is 3.92. The van der Waals surface area contributed by atoms with Gasteiger partial charge in [0, 0.05) is 17.8 Å². The smallest absolute Gasteiger partial charge is 0.262 e. The standard InChI is InChI=1S/C19H20N2O3/c1-12-3-6-16(13(2)9-12)20-19(23)11-24-15-5-7-17-14(10-15)4-8-18(22)21-17/h3,5-7,9-10H,4,8,11H2,1-2H3,(H,20,23)(H,21,22). The zero-order valence-corrected chi connectivity index (χ0v) is 13.8. The summed E-state index contributed by atoms with van der Waals surface area (Å²) in [6, 6.07) is 11.3. The topological polar surface area (TPSA) is 67.4 Å². The fourth-order valence-corrected chi connectivity index (χ4v) is 2.74. The van der Waals surface area contributed by atoms with Gasteiger partial charge in [0.05, 0.1) is 0 Å². The van der Waals surface area contributed by atoms with Crippen molar-refractivity contribution in [2.24, 2.45) is 0 Å². The average Bonchev–Trinajstić information content (AvgIpc) is 2.55. The molecule has 0 aliphatic carbocycles. The molecule has 2 aromatic rings. The van der Waals surface area contributed by atoms with Crippen LogP contribution < -0.4 is 15.4 Å². The van der Waals surface area contributed by atoms with Crippen molar-refractivity contribution in [1.29, 1.82) is 0 Å². The minimum Gasteiger partial charge on any atom is -0.484 e. The first-order chi connectivity index (χ1) is 11.5. The molecule has 5 heteroatoms. The number of rotatable bonds is 4. The van der Waals surface area contributed by atoms with E-state index in [-0.39, 0.29) is 18.4 Å². The molecule has 3 rings (SSSR count). The molecule has 0 saturated carbocycles. The van der Waals surface area contributed by atoms with E-state index >= 15 is 0 Å². The van der Waals surface area contributed by atoms with Gasteiger partial charge < -0.3 is 15.4 Å². The molecule has 1 heterocycles. The van der Waals surface area contributed by atoms with Gasteiger partial charge in [0.2, 0.25) is 5.91 Å². The fraction of sp³-hybridized carbons (Fsp3) is 0.263. The van der Waals surface area contributed by atoms with Crippen molar-refractivity contribution in [3.63, 3.8) is 0 Å². The lowest BCUT2D eigenvalue weighted by Gasteiger charge is -2.17. The summed E-state index contributed by atoms with van der Waals surface area (Å²) >= 11 is 0. The third-order valence-corrected chi connectivity index (χ3v) is 4.00. The molecular formula is C19H20N2O3. The molecule has 0 fully saturated rings. The van der Waals surface area contributed by atoms with Crippen molar-refractivity contribution in [1.82, 2.24) is 0 Å². The quantitative estimate of drug-likeness (QED) is 0.907. The average molecular weight is 324 g/mol. The maximum atomic E-state index is 12.1. The number of hydrogen-bond donors (Lipinski definition) is 2. The highest BCUT2D eigenvalue weighted by Gasteiger charge is 2.15. The Balaban J connectivity index is 1.59. The molecule has 0 radical (unpaired) electrons. The number of amides is 2. The van der Waals surface area contributed by atoms with Gasteiger partial charge in [-0.05, 0) is 55.7 Å². The van der Waals surface area contributed by atoms with Crippen molar-refractivity contribution in [2.75, 3.05) is 17.2 Å². The predicted molar refractivity (Wildman–Crippen MR) is 93.4 cm³/mol. The lowest BCUT2D eigenvalue weighted by Crippen LogP contribution is -2.21. The van der Waals surface area contributed by atoms with E-state index in [4.69, 9.17) is 4.74 Å². The number of fused-ring (bicyclic) bond motifs is 1. The van der Waals surface area contributed by atoms with Crippen LogP contribution >= 0.6 is 0 Å². The summed E-state index contributed by atoms with van der Waals surface area (Å²) in [4.78, 5) is 23.4. The van der Waals surface area contributed by atoms with Gasteiger partial charge in [-0.3, -0.25) is 9.59 Å². The molecule has 0 saturated heterocycles. The SMILES string of the molecule is Cc1ccc(NC(=O)COc2ccc3c(c2)CCC(=O)N3)c(C)c1.